The Bertz CT molecular complexity index is 904. The second-order valence-electron chi connectivity index (χ2n) is 6.24. The van der Waals surface area contributed by atoms with Gasteiger partial charge in [0.25, 0.3) is 10.0 Å². The highest BCUT2D eigenvalue weighted by atomic mass is 32.2. The van der Waals surface area contributed by atoms with Crippen LogP contribution in [-0.4, -0.2) is 19.3 Å². The fourth-order valence-corrected chi connectivity index (χ4v) is 5.79. The number of rotatable bonds is 3. The maximum Gasteiger partial charge on any atom is 0.275 e. The molecule has 0 radical (unpaired) electrons. The van der Waals surface area contributed by atoms with Crippen LogP contribution in [0.25, 0.3) is 0 Å². The van der Waals surface area contributed by atoms with E-state index in [1.807, 2.05) is 12.1 Å². The highest BCUT2D eigenvalue weighted by molar-refractivity contribution is 7.92. The van der Waals surface area contributed by atoms with Crippen molar-refractivity contribution in [2.75, 3.05) is 0 Å². The van der Waals surface area contributed by atoms with Crippen molar-refractivity contribution < 1.29 is 13.2 Å². The van der Waals surface area contributed by atoms with Crippen LogP contribution in [0.15, 0.2) is 34.7 Å². The molecule has 0 saturated heterocycles. The summed E-state index contributed by atoms with van der Waals surface area (Å²) in [6.07, 6.45) is 3.90. The monoisotopic (exact) mass is 348 g/mol. The molecule has 0 aliphatic heterocycles. The molecule has 1 amide bonds. The second kappa shape index (κ2) is 4.88. The van der Waals surface area contributed by atoms with Crippen molar-refractivity contribution in [1.82, 2.24) is 9.71 Å². The number of amides is 1. The summed E-state index contributed by atoms with van der Waals surface area (Å²) in [6.45, 7) is 1.73. The Balaban J connectivity index is 1.54. The number of hydrogen-bond donors (Lipinski definition) is 1. The van der Waals surface area contributed by atoms with E-state index in [1.54, 1.807) is 6.92 Å². The van der Waals surface area contributed by atoms with Crippen LogP contribution in [0.3, 0.4) is 0 Å². The number of hydrogen-bond acceptors (Lipinski definition) is 5. The number of carbonyl (C=O) groups excluding carboxylic acids is 1. The maximum atomic E-state index is 12.5. The SMILES string of the molecule is Cc1ncc(S(=O)(=O)NC(=O)[C@H]2C[C@@]23CCc2ccccc23)s1. The van der Waals surface area contributed by atoms with Crippen molar-refractivity contribution in [3.05, 3.63) is 46.6 Å². The lowest BCUT2D eigenvalue weighted by Crippen LogP contribution is -2.33. The van der Waals surface area contributed by atoms with Gasteiger partial charge < -0.3 is 0 Å². The largest absolute Gasteiger partial charge is 0.275 e. The van der Waals surface area contributed by atoms with Gasteiger partial charge in [0.05, 0.1) is 11.2 Å². The van der Waals surface area contributed by atoms with E-state index in [4.69, 9.17) is 0 Å². The molecular formula is C16H16N2O3S2. The Morgan fingerprint density at radius 3 is 2.91 bits per heavy atom. The number of aryl methyl sites for hydroxylation is 2. The minimum Gasteiger partial charge on any atom is -0.274 e. The van der Waals surface area contributed by atoms with Crippen molar-refractivity contribution in [3.63, 3.8) is 0 Å². The van der Waals surface area contributed by atoms with E-state index in [0.717, 1.165) is 30.6 Å². The topological polar surface area (TPSA) is 76.1 Å². The summed E-state index contributed by atoms with van der Waals surface area (Å²) in [7, 11) is -3.81. The van der Waals surface area contributed by atoms with Crippen molar-refractivity contribution in [1.29, 1.82) is 0 Å². The summed E-state index contributed by atoms with van der Waals surface area (Å²) in [5, 5.41) is 0.658. The van der Waals surface area contributed by atoms with Gasteiger partial charge in [-0.15, -0.1) is 11.3 Å². The summed E-state index contributed by atoms with van der Waals surface area (Å²) in [4.78, 5) is 16.4. The summed E-state index contributed by atoms with van der Waals surface area (Å²) in [5.41, 5.74) is 2.34. The number of nitrogens with one attached hydrogen (secondary N) is 1. The summed E-state index contributed by atoms with van der Waals surface area (Å²) in [5.74, 6) is -0.650. The molecular weight excluding hydrogens is 332 g/mol. The zero-order chi connectivity index (χ0) is 16.2. The van der Waals surface area contributed by atoms with Crippen molar-refractivity contribution in [2.45, 2.75) is 35.8 Å². The zero-order valence-corrected chi connectivity index (χ0v) is 14.2. The highest BCUT2D eigenvalue weighted by Gasteiger charge is 2.61. The van der Waals surface area contributed by atoms with Gasteiger partial charge in [-0.05, 0) is 37.3 Å². The first kappa shape index (κ1) is 14.8. The molecule has 7 heteroatoms. The van der Waals surface area contributed by atoms with Crippen molar-refractivity contribution in [2.24, 2.45) is 5.92 Å². The van der Waals surface area contributed by atoms with Crippen LogP contribution in [0.1, 0.15) is 29.0 Å². The Hall–Kier alpha value is -1.73. The van der Waals surface area contributed by atoms with E-state index < -0.39 is 15.9 Å². The van der Waals surface area contributed by atoms with E-state index in [2.05, 4.69) is 21.8 Å². The molecule has 1 N–H and O–H groups in total. The molecule has 0 bridgehead atoms. The Kier molecular flexibility index (Phi) is 3.15. The molecule has 120 valence electrons. The highest BCUT2D eigenvalue weighted by Crippen LogP contribution is 2.61. The number of aromatic nitrogens is 1. The number of fused-ring (bicyclic) bond motifs is 2. The van der Waals surface area contributed by atoms with Gasteiger partial charge in [0.2, 0.25) is 5.91 Å². The molecule has 1 aromatic heterocycles. The second-order valence-corrected chi connectivity index (χ2v) is 9.38. The maximum absolute atomic E-state index is 12.5. The molecule has 4 rings (SSSR count). The van der Waals surface area contributed by atoms with Crippen LogP contribution < -0.4 is 4.72 Å². The molecule has 1 spiro atoms. The summed E-state index contributed by atoms with van der Waals surface area (Å²) < 4.78 is 26.9. The van der Waals surface area contributed by atoms with E-state index in [9.17, 15) is 13.2 Å². The first-order valence-corrected chi connectivity index (χ1v) is 9.80. The third kappa shape index (κ3) is 2.30. The number of thiazole rings is 1. The van der Waals surface area contributed by atoms with Crippen LogP contribution in [0.4, 0.5) is 0 Å². The Morgan fingerprint density at radius 2 is 2.17 bits per heavy atom. The Morgan fingerprint density at radius 1 is 1.39 bits per heavy atom. The first-order chi connectivity index (χ1) is 10.9. The molecule has 5 nitrogen and oxygen atoms in total. The Labute approximate surface area is 138 Å². The molecule has 2 aromatic rings. The van der Waals surface area contributed by atoms with Gasteiger partial charge in [0.15, 0.2) is 4.21 Å². The lowest BCUT2D eigenvalue weighted by atomic mass is 9.95. The first-order valence-electron chi connectivity index (χ1n) is 7.50. The minimum atomic E-state index is -3.81. The molecule has 1 fully saturated rings. The molecule has 2 aliphatic rings. The number of benzene rings is 1. The van der Waals surface area contributed by atoms with Crippen LogP contribution >= 0.6 is 11.3 Å². The van der Waals surface area contributed by atoms with Crippen LogP contribution in [0.2, 0.25) is 0 Å². The molecule has 1 saturated carbocycles. The number of carbonyl (C=O) groups is 1. The van der Waals surface area contributed by atoms with Crippen LogP contribution in [0, 0.1) is 12.8 Å². The lowest BCUT2D eigenvalue weighted by molar-refractivity contribution is -0.121. The van der Waals surface area contributed by atoms with Gasteiger partial charge in [-0.2, -0.15) is 0 Å². The van der Waals surface area contributed by atoms with Gasteiger partial charge in [-0.3, -0.25) is 4.79 Å². The minimum absolute atomic E-state index is 0.0878. The third-order valence-corrected chi connectivity index (χ3v) is 7.61. The van der Waals surface area contributed by atoms with E-state index in [0.29, 0.717) is 5.01 Å². The van der Waals surface area contributed by atoms with E-state index in [1.165, 1.54) is 17.3 Å². The van der Waals surface area contributed by atoms with Gasteiger partial charge in [-0.25, -0.2) is 18.1 Å². The van der Waals surface area contributed by atoms with Crippen molar-refractivity contribution in [3.8, 4) is 0 Å². The molecule has 2 atom stereocenters. The fraction of sp³-hybridized carbons (Fsp3) is 0.375. The fourth-order valence-electron chi connectivity index (χ4n) is 3.66. The lowest BCUT2D eigenvalue weighted by Gasteiger charge is -2.11. The molecule has 0 unspecified atom stereocenters. The van der Waals surface area contributed by atoms with E-state index >= 15 is 0 Å². The van der Waals surface area contributed by atoms with E-state index in [-0.39, 0.29) is 15.5 Å². The third-order valence-electron chi connectivity index (χ3n) is 4.89. The van der Waals surface area contributed by atoms with Crippen molar-refractivity contribution >= 4 is 27.3 Å². The van der Waals surface area contributed by atoms with Gasteiger partial charge in [-0.1, -0.05) is 24.3 Å². The molecule has 2 aliphatic carbocycles. The zero-order valence-electron chi connectivity index (χ0n) is 12.6. The quantitative estimate of drug-likeness (QED) is 0.922. The number of sulfonamides is 1. The standard InChI is InChI=1S/C16H16N2O3S2/c1-10-17-9-14(22-10)23(20,21)18-15(19)13-8-16(13)7-6-11-4-2-3-5-12(11)16/h2-5,9,13H,6-8H2,1H3,(H,18,19)/t13-,16-/m1/s1. The predicted molar refractivity (Wildman–Crippen MR) is 86.7 cm³/mol. The molecule has 23 heavy (non-hydrogen) atoms. The smallest absolute Gasteiger partial charge is 0.274 e. The predicted octanol–water partition coefficient (Wildman–Crippen LogP) is 2.16. The normalized spacial score (nSPS) is 25.3. The van der Waals surface area contributed by atoms with Gasteiger partial charge in [0.1, 0.15) is 0 Å². The number of nitrogens with zero attached hydrogens (tertiary/aromatic N) is 1. The summed E-state index contributed by atoms with van der Waals surface area (Å²) in [6, 6.07) is 8.15. The summed E-state index contributed by atoms with van der Waals surface area (Å²) >= 11 is 1.07. The van der Waals surface area contributed by atoms with Crippen LogP contribution in [0.5, 0.6) is 0 Å². The average molecular weight is 348 g/mol. The van der Waals surface area contributed by atoms with Crippen LogP contribution in [-0.2, 0) is 26.7 Å². The molecule has 1 aromatic carbocycles. The average Bonchev–Trinajstić information content (AvgIpc) is 2.87. The van der Waals surface area contributed by atoms with Gasteiger partial charge >= 0.3 is 0 Å². The van der Waals surface area contributed by atoms with Gasteiger partial charge in [0, 0.05) is 11.3 Å². The molecule has 1 heterocycles.